The molecule has 3 aromatic rings. The van der Waals surface area contributed by atoms with Crippen molar-refractivity contribution < 1.29 is 4.79 Å². The van der Waals surface area contributed by atoms with Crippen LogP contribution in [0.25, 0.3) is 16.8 Å². The van der Waals surface area contributed by atoms with Crippen LogP contribution in [0.15, 0.2) is 36.7 Å². The van der Waals surface area contributed by atoms with Crippen LogP contribution in [-0.4, -0.2) is 20.4 Å². The number of ketones is 1. The van der Waals surface area contributed by atoms with Crippen LogP contribution in [-0.2, 0) is 6.42 Å². The van der Waals surface area contributed by atoms with Gasteiger partial charge in [0.15, 0.2) is 11.4 Å². The maximum absolute atomic E-state index is 12.0. The van der Waals surface area contributed by atoms with Crippen LogP contribution in [0.2, 0.25) is 5.02 Å². The Morgan fingerprint density at radius 3 is 2.95 bits per heavy atom. The fourth-order valence-electron chi connectivity index (χ4n) is 2.78. The van der Waals surface area contributed by atoms with Crippen molar-refractivity contribution in [3.63, 3.8) is 0 Å². The molecule has 0 fully saturated rings. The summed E-state index contributed by atoms with van der Waals surface area (Å²) in [5, 5.41) is 5.01. The number of aromatic nitrogens is 3. The van der Waals surface area contributed by atoms with Gasteiger partial charge >= 0.3 is 0 Å². The lowest BCUT2D eigenvalue weighted by Crippen LogP contribution is -2.14. The molecule has 0 radical (unpaired) electrons. The van der Waals surface area contributed by atoms with Crippen LogP contribution in [0.4, 0.5) is 0 Å². The van der Waals surface area contributed by atoms with Gasteiger partial charge in [-0.15, -0.1) is 0 Å². The summed E-state index contributed by atoms with van der Waals surface area (Å²) in [4.78, 5) is 16.6. The Labute approximate surface area is 126 Å². The molecule has 0 atom stereocenters. The molecule has 0 saturated carbocycles. The molecule has 0 unspecified atom stereocenters. The average molecular weight is 298 g/mol. The van der Waals surface area contributed by atoms with Gasteiger partial charge in [0.05, 0.1) is 17.5 Å². The zero-order valence-electron chi connectivity index (χ0n) is 11.2. The molecule has 0 spiro atoms. The molecule has 1 aliphatic carbocycles. The Hall–Kier alpha value is -2.20. The van der Waals surface area contributed by atoms with Crippen molar-refractivity contribution in [3.05, 3.63) is 52.9 Å². The zero-order valence-corrected chi connectivity index (χ0v) is 12.0. The monoisotopic (exact) mass is 297 g/mol. The quantitative estimate of drug-likeness (QED) is 0.690. The minimum absolute atomic E-state index is 0.158. The normalized spacial score (nSPS) is 14.4. The fraction of sp³-hybridized carbons (Fsp3) is 0.188. The SMILES string of the molecule is O=C1CCCc2nc3c(-c4cccc(Cl)c4)cnn3cc21. The first-order valence-corrected chi connectivity index (χ1v) is 7.26. The van der Waals surface area contributed by atoms with Crippen molar-refractivity contribution in [2.24, 2.45) is 0 Å². The van der Waals surface area contributed by atoms with Crippen LogP contribution >= 0.6 is 11.6 Å². The third kappa shape index (κ3) is 2.03. The first-order chi connectivity index (χ1) is 10.2. The van der Waals surface area contributed by atoms with Crippen molar-refractivity contribution in [1.29, 1.82) is 0 Å². The molecule has 5 heteroatoms. The lowest BCUT2D eigenvalue weighted by atomic mass is 9.96. The van der Waals surface area contributed by atoms with Crippen molar-refractivity contribution >= 4 is 23.0 Å². The predicted molar refractivity (Wildman–Crippen MR) is 80.7 cm³/mol. The second-order valence-corrected chi connectivity index (χ2v) is 5.65. The molecule has 0 N–H and O–H groups in total. The lowest BCUT2D eigenvalue weighted by molar-refractivity contribution is 0.0971. The number of fused-ring (bicyclic) bond motifs is 2. The molecule has 0 bridgehead atoms. The van der Waals surface area contributed by atoms with Gasteiger partial charge < -0.3 is 0 Å². The summed E-state index contributed by atoms with van der Waals surface area (Å²) < 4.78 is 1.68. The van der Waals surface area contributed by atoms with Crippen molar-refractivity contribution in [2.45, 2.75) is 19.3 Å². The van der Waals surface area contributed by atoms with Crippen LogP contribution in [0.3, 0.4) is 0 Å². The van der Waals surface area contributed by atoms with Crippen LogP contribution in [0.5, 0.6) is 0 Å². The largest absolute Gasteiger partial charge is 0.294 e. The Morgan fingerprint density at radius 2 is 2.10 bits per heavy atom. The summed E-state index contributed by atoms with van der Waals surface area (Å²) in [6.45, 7) is 0. The Kier molecular flexibility index (Phi) is 2.79. The number of Topliss-reactive ketones (excluding diaryl/α,β-unsaturated/α-hetero) is 1. The molecule has 1 aromatic carbocycles. The number of nitrogens with zero attached hydrogens (tertiary/aromatic N) is 3. The van der Waals surface area contributed by atoms with Gasteiger partial charge in [-0.3, -0.25) is 4.79 Å². The third-order valence-corrected chi connectivity index (χ3v) is 4.06. The number of benzene rings is 1. The topological polar surface area (TPSA) is 47.3 Å². The molecule has 21 heavy (non-hydrogen) atoms. The number of aryl methyl sites for hydroxylation is 1. The molecular weight excluding hydrogens is 286 g/mol. The number of hydrogen-bond donors (Lipinski definition) is 0. The van der Waals surface area contributed by atoms with Gasteiger partial charge in [-0.25, -0.2) is 9.50 Å². The highest BCUT2D eigenvalue weighted by Crippen LogP contribution is 2.28. The second-order valence-electron chi connectivity index (χ2n) is 5.21. The van der Waals surface area contributed by atoms with E-state index in [0.29, 0.717) is 17.0 Å². The first-order valence-electron chi connectivity index (χ1n) is 6.89. The molecule has 1 aliphatic rings. The standard InChI is InChI=1S/C16H12ClN3O/c17-11-4-1-3-10(7-11)12-8-18-20-9-13-14(19-16(12)20)5-2-6-15(13)21/h1,3-4,7-9H,2,5-6H2. The van der Waals surface area contributed by atoms with E-state index >= 15 is 0 Å². The average Bonchev–Trinajstić information content (AvgIpc) is 2.89. The number of carbonyl (C=O) groups excluding carboxylic acids is 1. The van der Waals surface area contributed by atoms with Crippen molar-refractivity contribution in [2.75, 3.05) is 0 Å². The van der Waals surface area contributed by atoms with E-state index in [4.69, 9.17) is 11.6 Å². The van der Waals surface area contributed by atoms with Crippen LogP contribution in [0.1, 0.15) is 28.9 Å². The molecule has 0 saturated heterocycles. The molecule has 0 amide bonds. The third-order valence-electron chi connectivity index (χ3n) is 3.83. The fourth-order valence-corrected chi connectivity index (χ4v) is 2.97. The van der Waals surface area contributed by atoms with Gasteiger partial charge in [-0.1, -0.05) is 23.7 Å². The van der Waals surface area contributed by atoms with E-state index in [9.17, 15) is 4.79 Å². The number of rotatable bonds is 1. The van der Waals surface area contributed by atoms with E-state index in [2.05, 4.69) is 10.1 Å². The predicted octanol–water partition coefficient (Wildman–Crippen LogP) is 3.57. The van der Waals surface area contributed by atoms with Gasteiger partial charge in [0.25, 0.3) is 0 Å². The van der Waals surface area contributed by atoms with Crippen LogP contribution < -0.4 is 0 Å². The van der Waals surface area contributed by atoms with E-state index in [0.717, 1.165) is 35.3 Å². The maximum atomic E-state index is 12.0. The Morgan fingerprint density at radius 1 is 1.19 bits per heavy atom. The van der Waals surface area contributed by atoms with Gasteiger partial charge in [0.2, 0.25) is 0 Å². The molecule has 2 heterocycles. The Balaban J connectivity index is 1.94. The second kappa shape index (κ2) is 4.67. The maximum Gasteiger partial charge on any atom is 0.166 e. The molecule has 0 aliphatic heterocycles. The van der Waals surface area contributed by atoms with Crippen molar-refractivity contribution in [3.8, 4) is 11.1 Å². The summed E-state index contributed by atoms with van der Waals surface area (Å²) in [5.41, 5.74) is 4.26. The molecular formula is C16H12ClN3O. The summed E-state index contributed by atoms with van der Waals surface area (Å²) in [7, 11) is 0. The van der Waals surface area contributed by atoms with Crippen LogP contribution in [0, 0.1) is 0 Å². The molecule has 2 aromatic heterocycles. The summed E-state index contributed by atoms with van der Waals surface area (Å²) >= 11 is 6.06. The molecule has 104 valence electrons. The van der Waals surface area contributed by atoms with Crippen molar-refractivity contribution in [1.82, 2.24) is 14.6 Å². The highest BCUT2D eigenvalue weighted by Gasteiger charge is 2.21. The molecule has 4 rings (SSSR count). The number of carbonyl (C=O) groups is 1. The van der Waals surface area contributed by atoms with E-state index in [1.165, 1.54) is 0 Å². The van der Waals surface area contributed by atoms with Gasteiger partial charge in [0, 0.05) is 23.2 Å². The first kappa shape index (κ1) is 12.5. The smallest absolute Gasteiger partial charge is 0.166 e. The highest BCUT2D eigenvalue weighted by atomic mass is 35.5. The molecule has 4 nitrogen and oxygen atoms in total. The van der Waals surface area contributed by atoms with E-state index < -0.39 is 0 Å². The van der Waals surface area contributed by atoms with E-state index in [-0.39, 0.29) is 5.78 Å². The van der Waals surface area contributed by atoms with E-state index in [1.54, 1.807) is 16.9 Å². The van der Waals surface area contributed by atoms with E-state index in [1.807, 2.05) is 24.3 Å². The minimum Gasteiger partial charge on any atom is -0.294 e. The summed E-state index contributed by atoms with van der Waals surface area (Å²) in [5.74, 6) is 0.158. The number of halogens is 1. The Bertz CT molecular complexity index is 869. The zero-order chi connectivity index (χ0) is 14.4. The van der Waals surface area contributed by atoms with Gasteiger partial charge in [-0.2, -0.15) is 5.10 Å². The highest BCUT2D eigenvalue weighted by molar-refractivity contribution is 6.30. The van der Waals surface area contributed by atoms with Gasteiger partial charge in [-0.05, 0) is 30.5 Å². The summed E-state index contributed by atoms with van der Waals surface area (Å²) in [6, 6.07) is 7.62. The van der Waals surface area contributed by atoms with Gasteiger partial charge in [0.1, 0.15) is 0 Å². The minimum atomic E-state index is 0.158. The number of hydrogen-bond acceptors (Lipinski definition) is 3. The lowest BCUT2D eigenvalue weighted by Gasteiger charge is -2.13. The summed E-state index contributed by atoms with van der Waals surface area (Å²) in [6.07, 6.45) is 5.88.